The lowest BCUT2D eigenvalue weighted by Gasteiger charge is -2.09. The standard InChI is InChI=1S/C17H13ClN2O5S/c18-11-2-8(3-12(21)15(11)24)1-10(6-19)17(26)20-7-9-4-13(22)16(25)14(23)5-9/h1-5,21-25H,7H2,(H,20,26)/b10-1-. The lowest BCUT2D eigenvalue weighted by Crippen LogP contribution is -2.22. The van der Waals surface area contributed by atoms with Crippen molar-refractivity contribution in [3.05, 3.63) is 46.0 Å². The highest BCUT2D eigenvalue weighted by molar-refractivity contribution is 7.80. The maximum atomic E-state index is 9.57. The smallest absolute Gasteiger partial charge is 0.200 e. The van der Waals surface area contributed by atoms with Gasteiger partial charge in [-0.2, -0.15) is 5.26 Å². The first-order chi connectivity index (χ1) is 12.2. The summed E-state index contributed by atoms with van der Waals surface area (Å²) in [5.74, 6) is -2.50. The van der Waals surface area contributed by atoms with Crippen molar-refractivity contribution in [1.29, 1.82) is 5.26 Å². The zero-order valence-electron chi connectivity index (χ0n) is 13.1. The Hall–Kier alpha value is -3.15. The molecule has 0 bridgehead atoms. The van der Waals surface area contributed by atoms with Crippen LogP contribution in [0.5, 0.6) is 28.7 Å². The minimum absolute atomic E-state index is 0.0633. The first-order valence-corrected chi connectivity index (χ1v) is 7.86. The number of halogens is 1. The number of nitriles is 1. The number of thiocarbonyl (C=S) groups is 1. The summed E-state index contributed by atoms with van der Waals surface area (Å²) in [5, 5.41) is 59.2. The second-order valence-electron chi connectivity index (χ2n) is 5.21. The number of hydrogen-bond acceptors (Lipinski definition) is 7. The van der Waals surface area contributed by atoms with Crippen molar-refractivity contribution in [2.75, 3.05) is 0 Å². The molecule has 9 heteroatoms. The van der Waals surface area contributed by atoms with Crippen molar-refractivity contribution in [3.8, 4) is 34.8 Å². The Morgan fingerprint density at radius 1 is 1.04 bits per heavy atom. The Balaban J connectivity index is 2.18. The van der Waals surface area contributed by atoms with Crippen LogP contribution >= 0.6 is 23.8 Å². The zero-order chi connectivity index (χ0) is 19.4. The van der Waals surface area contributed by atoms with Crippen molar-refractivity contribution in [2.45, 2.75) is 6.54 Å². The summed E-state index contributed by atoms with van der Waals surface area (Å²) in [4.78, 5) is 0.0724. The van der Waals surface area contributed by atoms with Crippen molar-refractivity contribution in [3.63, 3.8) is 0 Å². The van der Waals surface area contributed by atoms with Gasteiger partial charge in [0.25, 0.3) is 0 Å². The van der Waals surface area contributed by atoms with Crippen molar-refractivity contribution in [2.24, 2.45) is 0 Å². The fraction of sp³-hybridized carbons (Fsp3) is 0.0588. The van der Waals surface area contributed by atoms with Gasteiger partial charge in [0.05, 0.1) is 10.6 Å². The van der Waals surface area contributed by atoms with Crippen molar-refractivity contribution in [1.82, 2.24) is 5.32 Å². The molecule has 26 heavy (non-hydrogen) atoms. The number of hydrogen-bond donors (Lipinski definition) is 6. The van der Waals surface area contributed by atoms with Gasteiger partial charge in [0, 0.05) is 6.54 Å². The van der Waals surface area contributed by atoms with E-state index < -0.39 is 28.7 Å². The normalized spacial score (nSPS) is 11.0. The van der Waals surface area contributed by atoms with E-state index in [2.05, 4.69) is 5.32 Å². The Morgan fingerprint density at radius 3 is 2.15 bits per heavy atom. The van der Waals surface area contributed by atoms with E-state index in [9.17, 15) is 30.8 Å². The lowest BCUT2D eigenvalue weighted by atomic mass is 10.1. The fourth-order valence-electron chi connectivity index (χ4n) is 2.04. The topological polar surface area (TPSA) is 137 Å². The average Bonchev–Trinajstić information content (AvgIpc) is 2.59. The van der Waals surface area contributed by atoms with Crippen LogP contribution in [0.2, 0.25) is 5.02 Å². The predicted molar refractivity (Wildman–Crippen MR) is 99.2 cm³/mol. The Bertz CT molecular complexity index is 907. The molecule has 0 aliphatic rings. The molecule has 134 valence electrons. The molecule has 0 aliphatic heterocycles. The molecular weight excluding hydrogens is 380 g/mol. The summed E-state index contributed by atoms with van der Waals surface area (Å²) in [6.07, 6.45) is 1.37. The number of nitrogens with zero attached hydrogens (tertiary/aromatic N) is 1. The minimum atomic E-state index is -0.627. The maximum Gasteiger partial charge on any atom is 0.200 e. The predicted octanol–water partition coefficient (Wildman–Crippen LogP) is 2.89. The van der Waals surface area contributed by atoms with Gasteiger partial charge in [0.1, 0.15) is 11.1 Å². The summed E-state index contributed by atoms with van der Waals surface area (Å²) >= 11 is 10.9. The first-order valence-electron chi connectivity index (χ1n) is 7.08. The highest BCUT2D eigenvalue weighted by atomic mass is 35.5. The summed E-state index contributed by atoms with van der Waals surface area (Å²) in [6, 6.07) is 6.95. The number of benzene rings is 2. The number of aromatic hydroxyl groups is 5. The lowest BCUT2D eigenvalue weighted by molar-refractivity contribution is 0.367. The Morgan fingerprint density at radius 2 is 1.62 bits per heavy atom. The van der Waals surface area contributed by atoms with Crippen LogP contribution in [-0.2, 0) is 6.54 Å². The molecule has 0 aliphatic carbocycles. The third-order valence-electron chi connectivity index (χ3n) is 3.32. The molecule has 0 amide bonds. The number of phenolic OH excluding ortho intramolecular Hbond substituents is 5. The van der Waals surface area contributed by atoms with Crippen molar-refractivity contribution >= 4 is 34.9 Å². The second kappa shape index (κ2) is 7.82. The van der Waals surface area contributed by atoms with E-state index in [0.29, 0.717) is 11.1 Å². The van der Waals surface area contributed by atoms with Crippen LogP contribution in [0.3, 0.4) is 0 Å². The first kappa shape index (κ1) is 19.2. The SMILES string of the molecule is N#C/C(=C/c1cc(O)c(O)c(Cl)c1)C(=S)NCc1cc(O)c(O)c(O)c1. The van der Waals surface area contributed by atoms with Crippen LogP contribution in [-0.4, -0.2) is 30.5 Å². The van der Waals surface area contributed by atoms with Gasteiger partial charge in [-0.1, -0.05) is 23.8 Å². The van der Waals surface area contributed by atoms with Gasteiger partial charge in [-0.25, -0.2) is 0 Å². The van der Waals surface area contributed by atoms with Crippen LogP contribution in [0.25, 0.3) is 6.08 Å². The minimum Gasteiger partial charge on any atom is -0.504 e. The Labute approximate surface area is 158 Å². The highest BCUT2D eigenvalue weighted by Gasteiger charge is 2.11. The molecule has 0 radical (unpaired) electrons. The van der Waals surface area contributed by atoms with E-state index in [1.165, 1.54) is 30.3 Å². The third kappa shape index (κ3) is 4.27. The van der Waals surface area contributed by atoms with Gasteiger partial charge in [-0.15, -0.1) is 0 Å². The molecule has 0 heterocycles. The average molecular weight is 393 g/mol. The quantitative estimate of drug-likeness (QED) is 0.202. The van der Waals surface area contributed by atoms with E-state index in [1.807, 2.05) is 6.07 Å². The molecule has 0 saturated heterocycles. The molecule has 2 aromatic rings. The largest absolute Gasteiger partial charge is 0.504 e. The second-order valence-corrected chi connectivity index (χ2v) is 6.02. The molecule has 0 fully saturated rings. The summed E-state index contributed by atoms with van der Waals surface area (Å²) < 4.78 is 0. The molecule has 2 aromatic carbocycles. The van der Waals surface area contributed by atoms with E-state index in [0.717, 1.165) is 0 Å². The van der Waals surface area contributed by atoms with E-state index in [-0.39, 0.29) is 22.1 Å². The summed E-state index contributed by atoms with van der Waals surface area (Å²) in [7, 11) is 0. The molecule has 0 spiro atoms. The van der Waals surface area contributed by atoms with Gasteiger partial charge in [0.15, 0.2) is 28.7 Å². The molecule has 0 saturated carbocycles. The molecule has 2 rings (SSSR count). The van der Waals surface area contributed by atoms with Crippen LogP contribution < -0.4 is 5.32 Å². The molecular formula is C17H13ClN2O5S. The monoisotopic (exact) mass is 392 g/mol. The maximum absolute atomic E-state index is 9.57. The van der Waals surface area contributed by atoms with Gasteiger partial charge in [-0.3, -0.25) is 0 Å². The van der Waals surface area contributed by atoms with Crippen LogP contribution in [0.15, 0.2) is 29.8 Å². The van der Waals surface area contributed by atoms with Crippen LogP contribution in [0.1, 0.15) is 11.1 Å². The third-order valence-corrected chi connectivity index (χ3v) is 3.98. The van der Waals surface area contributed by atoms with Gasteiger partial charge >= 0.3 is 0 Å². The van der Waals surface area contributed by atoms with Crippen LogP contribution in [0.4, 0.5) is 0 Å². The number of rotatable bonds is 4. The molecule has 7 nitrogen and oxygen atoms in total. The van der Waals surface area contributed by atoms with Gasteiger partial charge in [-0.05, 0) is 41.5 Å². The number of nitrogens with one attached hydrogen (secondary N) is 1. The zero-order valence-corrected chi connectivity index (χ0v) is 14.6. The molecule has 6 N–H and O–H groups in total. The van der Waals surface area contributed by atoms with E-state index >= 15 is 0 Å². The molecule has 0 unspecified atom stereocenters. The fourth-order valence-corrected chi connectivity index (χ4v) is 2.44. The van der Waals surface area contributed by atoms with Gasteiger partial charge in [0.2, 0.25) is 0 Å². The molecule has 0 aromatic heterocycles. The van der Waals surface area contributed by atoms with Crippen molar-refractivity contribution < 1.29 is 25.5 Å². The van der Waals surface area contributed by atoms with Crippen LogP contribution in [0, 0.1) is 11.3 Å². The van der Waals surface area contributed by atoms with E-state index in [4.69, 9.17) is 23.8 Å². The van der Waals surface area contributed by atoms with E-state index in [1.54, 1.807) is 0 Å². The summed E-state index contributed by atoms with van der Waals surface area (Å²) in [6.45, 7) is 0.0703. The molecule has 0 atom stereocenters. The number of phenols is 5. The van der Waals surface area contributed by atoms with Gasteiger partial charge < -0.3 is 30.8 Å². The Kier molecular flexibility index (Phi) is 5.77. The summed E-state index contributed by atoms with van der Waals surface area (Å²) in [5.41, 5.74) is 0.835. The highest BCUT2D eigenvalue weighted by Crippen LogP contribution is 2.36.